The summed E-state index contributed by atoms with van der Waals surface area (Å²) in [6.07, 6.45) is 20.3. The predicted molar refractivity (Wildman–Crippen MR) is 138 cm³/mol. The number of hydrogen-bond donors (Lipinski definition) is 3. The molecule has 0 saturated heterocycles. The van der Waals surface area contributed by atoms with E-state index in [1.165, 1.54) is 31.3 Å². The number of aliphatic hydroxyl groups is 3. The minimum atomic E-state index is -0.689. The molecule has 0 heterocycles. The van der Waals surface area contributed by atoms with Crippen LogP contribution in [-0.4, -0.2) is 33.1 Å². The Morgan fingerprint density at radius 1 is 1.15 bits per heavy atom. The lowest BCUT2D eigenvalue weighted by atomic mass is 9.61. The molecule has 6 atom stereocenters. The monoisotopic (exact) mass is 454 g/mol. The van der Waals surface area contributed by atoms with E-state index >= 15 is 0 Å². The van der Waals surface area contributed by atoms with Crippen molar-refractivity contribution in [2.75, 3.05) is 0 Å². The molecule has 0 unspecified atom stereocenters. The van der Waals surface area contributed by atoms with Crippen LogP contribution in [0.15, 0.2) is 59.8 Å². The topological polar surface area (TPSA) is 60.7 Å². The molecule has 3 heteroatoms. The molecule has 3 rings (SSSR count). The second-order valence-corrected chi connectivity index (χ2v) is 11.1. The first kappa shape index (κ1) is 26.2. The fourth-order valence-electron chi connectivity index (χ4n) is 6.70. The molecule has 0 aliphatic heterocycles. The lowest BCUT2D eigenvalue weighted by Gasteiger charge is -2.44. The zero-order valence-corrected chi connectivity index (χ0v) is 21.3. The molecular formula is C30H46O3. The van der Waals surface area contributed by atoms with Gasteiger partial charge in [-0.05, 0) is 85.7 Å². The van der Waals surface area contributed by atoms with Gasteiger partial charge >= 0.3 is 0 Å². The SMILES string of the molecule is C=C1/C(=C\C=C2/CCC[C@]3(C)[C@@H]([C@H](C)/C=C/C=C\C(O)(CC)CC)CC[C@@H]23)C[C@@H](O)C[C@@H]1O. The van der Waals surface area contributed by atoms with Crippen molar-refractivity contribution < 1.29 is 15.3 Å². The van der Waals surface area contributed by atoms with Gasteiger partial charge in [-0.25, -0.2) is 0 Å². The van der Waals surface area contributed by atoms with Crippen molar-refractivity contribution in [3.63, 3.8) is 0 Å². The van der Waals surface area contributed by atoms with Crippen LogP contribution in [-0.2, 0) is 0 Å². The lowest BCUT2D eigenvalue weighted by Crippen LogP contribution is -2.35. The van der Waals surface area contributed by atoms with Crippen LogP contribution >= 0.6 is 0 Å². The summed E-state index contributed by atoms with van der Waals surface area (Å²) < 4.78 is 0. The van der Waals surface area contributed by atoms with Crippen LogP contribution in [0.25, 0.3) is 0 Å². The second-order valence-electron chi connectivity index (χ2n) is 11.1. The first-order chi connectivity index (χ1) is 15.6. The molecule has 33 heavy (non-hydrogen) atoms. The molecule has 184 valence electrons. The zero-order valence-electron chi connectivity index (χ0n) is 21.3. The lowest BCUT2D eigenvalue weighted by molar-refractivity contribution is 0.0827. The van der Waals surface area contributed by atoms with E-state index in [1.807, 2.05) is 26.0 Å². The number of allylic oxidation sites excluding steroid dienone is 6. The fraction of sp³-hybridized carbons (Fsp3) is 0.667. The summed E-state index contributed by atoms with van der Waals surface area (Å²) in [4.78, 5) is 0. The highest BCUT2D eigenvalue weighted by Crippen LogP contribution is 2.59. The molecule has 0 amide bonds. The number of fused-ring (bicyclic) bond motifs is 1. The fourth-order valence-corrected chi connectivity index (χ4v) is 6.70. The highest BCUT2D eigenvalue weighted by atomic mass is 16.3. The van der Waals surface area contributed by atoms with Crippen LogP contribution < -0.4 is 0 Å². The maximum Gasteiger partial charge on any atom is 0.0825 e. The van der Waals surface area contributed by atoms with E-state index in [1.54, 1.807) is 0 Å². The Labute approximate surface area is 201 Å². The largest absolute Gasteiger partial charge is 0.393 e. The Balaban J connectivity index is 1.72. The van der Waals surface area contributed by atoms with Crippen LogP contribution in [0.5, 0.6) is 0 Å². The third-order valence-corrected chi connectivity index (χ3v) is 9.09. The Bertz CT molecular complexity index is 812. The average molecular weight is 455 g/mol. The quantitative estimate of drug-likeness (QED) is 0.389. The molecular weight excluding hydrogens is 408 g/mol. The van der Waals surface area contributed by atoms with Crippen molar-refractivity contribution in [1.82, 2.24) is 0 Å². The molecule has 0 spiro atoms. The summed E-state index contributed by atoms with van der Waals surface area (Å²) >= 11 is 0. The maximum atomic E-state index is 10.5. The summed E-state index contributed by atoms with van der Waals surface area (Å²) in [5.74, 6) is 1.77. The summed E-state index contributed by atoms with van der Waals surface area (Å²) in [5.41, 5.74) is 2.92. The van der Waals surface area contributed by atoms with Crippen LogP contribution in [0, 0.1) is 23.2 Å². The van der Waals surface area contributed by atoms with Crippen LogP contribution in [0.3, 0.4) is 0 Å². The number of rotatable bonds is 7. The molecule has 3 aliphatic rings. The maximum absolute atomic E-state index is 10.5. The van der Waals surface area contributed by atoms with E-state index in [0.717, 1.165) is 30.4 Å². The average Bonchev–Trinajstić information content (AvgIpc) is 3.15. The van der Waals surface area contributed by atoms with Gasteiger partial charge in [-0.15, -0.1) is 0 Å². The van der Waals surface area contributed by atoms with Gasteiger partial charge in [0.05, 0.1) is 17.8 Å². The molecule has 0 aromatic carbocycles. The third kappa shape index (κ3) is 5.81. The molecule has 3 fully saturated rings. The molecule has 3 nitrogen and oxygen atoms in total. The van der Waals surface area contributed by atoms with Crippen LogP contribution in [0.1, 0.15) is 85.5 Å². The molecule has 3 N–H and O–H groups in total. The summed E-state index contributed by atoms with van der Waals surface area (Å²) in [6, 6.07) is 0. The molecule has 3 aliphatic carbocycles. The zero-order chi connectivity index (χ0) is 24.2. The third-order valence-electron chi connectivity index (χ3n) is 9.09. The standard InChI is InChI=1S/C30H46O3/c1-6-30(33,7-2)18-9-8-11-21(3)26-15-16-27-23(12-10-17-29(26,27)5)13-14-24-19-25(31)20-28(32)22(24)4/h8-9,11,13-14,18,21,25-28,31-33H,4,6-7,10,12,15-17,19-20H2,1-3,5H3/b11-8+,18-9-,23-13+,24-14-/t21-,25-,26-,27+,28+,29-/m1/s1. The normalized spacial score (nSPS) is 36.9. The van der Waals surface area contributed by atoms with Crippen LogP contribution in [0.2, 0.25) is 0 Å². The molecule has 3 saturated carbocycles. The second kappa shape index (κ2) is 10.9. The predicted octanol–water partition coefficient (Wildman–Crippen LogP) is 6.43. The van der Waals surface area contributed by atoms with Crippen LogP contribution in [0.4, 0.5) is 0 Å². The van der Waals surface area contributed by atoms with Gasteiger partial charge in [-0.2, -0.15) is 0 Å². The van der Waals surface area contributed by atoms with E-state index in [9.17, 15) is 15.3 Å². The minimum absolute atomic E-state index is 0.312. The van der Waals surface area contributed by atoms with Gasteiger partial charge in [0.25, 0.3) is 0 Å². The van der Waals surface area contributed by atoms with Gasteiger partial charge in [0.15, 0.2) is 0 Å². The minimum Gasteiger partial charge on any atom is -0.393 e. The number of aliphatic hydroxyl groups excluding tert-OH is 2. The Morgan fingerprint density at radius 3 is 2.58 bits per heavy atom. The first-order valence-electron chi connectivity index (χ1n) is 13.2. The van der Waals surface area contributed by atoms with E-state index in [2.05, 4.69) is 44.7 Å². The van der Waals surface area contributed by atoms with Gasteiger partial charge in [0.2, 0.25) is 0 Å². The van der Waals surface area contributed by atoms with Crippen molar-refractivity contribution in [1.29, 1.82) is 0 Å². The molecule has 0 aromatic heterocycles. The molecule has 0 aromatic rings. The van der Waals surface area contributed by atoms with Gasteiger partial charge in [-0.3, -0.25) is 0 Å². The molecule has 0 bridgehead atoms. The van der Waals surface area contributed by atoms with Crippen molar-refractivity contribution in [2.24, 2.45) is 23.2 Å². The summed E-state index contributed by atoms with van der Waals surface area (Å²) in [6.45, 7) is 13.0. The van der Waals surface area contributed by atoms with Gasteiger partial charge < -0.3 is 15.3 Å². The van der Waals surface area contributed by atoms with Gasteiger partial charge in [0, 0.05) is 6.42 Å². The summed E-state index contributed by atoms with van der Waals surface area (Å²) in [7, 11) is 0. The molecule has 0 radical (unpaired) electrons. The van der Waals surface area contributed by atoms with Crippen molar-refractivity contribution >= 4 is 0 Å². The Morgan fingerprint density at radius 2 is 1.88 bits per heavy atom. The number of hydrogen-bond acceptors (Lipinski definition) is 3. The van der Waals surface area contributed by atoms with Crippen molar-refractivity contribution in [3.8, 4) is 0 Å². The highest BCUT2D eigenvalue weighted by molar-refractivity contribution is 5.38. The van der Waals surface area contributed by atoms with E-state index in [0.29, 0.717) is 36.0 Å². The van der Waals surface area contributed by atoms with Gasteiger partial charge in [-0.1, -0.05) is 76.3 Å². The smallest absolute Gasteiger partial charge is 0.0825 e. The van der Waals surface area contributed by atoms with Gasteiger partial charge in [0.1, 0.15) is 0 Å². The highest BCUT2D eigenvalue weighted by Gasteiger charge is 2.50. The first-order valence-corrected chi connectivity index (χ1v) is 13.2. The Hall–Kier alpha value is -1.42. The van der Waals surface area contributed by atoms with E-state index in [4.69, 9.17) is 0 Å². The van der Waals surface area contributed by atoms with Crippen molar-refractivity contribution in [3.05, 3.63) is 59.8 Å². The Kier molecular flexibility index (Phi) is 8.64. The van der Waals surface area contributed by atoms with E-state index in [-0.39, 0.29) is 0 Å². The summed E-state index contributed by atoms with van der Waals surface area (Å²) in [5, 5.41) is 30.7. The van der Waals surface area contributed by atoms with E-state index < -0.39 is 17.8 Å². The van der Waals surface area contributed by atoms with Crippen molar-refractivity contribution in [2.45, 2.75) is 103 Å².